The number of aliphatic hydroxyl groups excluding tert-OH is 1. The Morgan fingerprint density at radius 2 is 1.37 bits per heavy atom. The summed E-state index contributed by atoms with van der Waals surface area (Å²) in [7, 11) is -5.22. The zero-order valence-electron chi connectivity index (χ0n) is 29.9. The Bertz CT molecular complexity index is 1800. The van der Waals surface area contributed by atoms with Gasteiger partial charge in [0.15, 0.2) is 0 Å². The van der Waals surface area contributed by atoms with Gasteiger partial charge in [-0.05, 0) is 67.1 Å². The van der Waals surface area contributed by atoms with Crippen LogP contribution in [0.4, 0.5) is 0 Å². The number of rotatable bonds is 20. The molecule has 0 spiro atoms. The van der Waals surface area contributed by atoms with Gasteiger partial charge in [0.2, 0.25) is 20.0 Å². The van der Waals surface area contributed by atoms with E-state index in [0.717, 1.165) is 4.31 Å². The van der Waals surface area contributed by atoms with Crippen molar-refractivity contribution in [3.63, 3.8) is 0 Å². The highest BCUT2D eigenvalue weighted by Crippen LogP contribution is 2.21. The molecule has 0 aliphatic heterocycles. The van der Waals surface area contributed by atoms with Crippen LogP contribution in [0.5, 0.6) is 5.75 Å². The molecular formula is C36H51N5O8S2. The monoisotopic (exact) mass is 745 g/mol. The van der Waals surface area contributed by atoms with E-state index >= 15 is 0 Å². The van der Waals surface area contributed by atoms with E-state index in [1.54, 1.807) is 47.4 Å². The van der Waals surface area contributed by atoms with Crippen molar-refractivity contribution >= 4 is 31.9 Å². The van der Waals surface area contributed by atoms with E-state index < -0.39 is 44.0 Å². The molecule has 0 fully saturated rings. The van der Waals surface area contributed by atoms with E-state index in [1.807, 2.05) is 20.8 Å². The molecule has 2 unspecified atom stereocenters. The van der Waals surface area contributed by atoms with E-state index in [0.29, 0.717) is 43.5 Å². The van der Waals surface area contributed by atoms with Gasteiger partial charge in [0.1, 0.15) is 5.75 Å². The zero-order valence-corrected chi connectivity index (χ0v) is 31.6. The Labute approximate surface area is 302 Å². The number of hydrogen-bond acceptors (Lipinski definition) is 9. The number of amides is 2. The molecule has 15 heteroatoms. The van der Waals surface area contributed by atoms with E-state index in [2.05, 4.69) is 10.1 Å². The number of aromatic hydroxyl groups is 1. The lowest BCUT2D eigenvalue weighted by molar-refractivity contribution is 0.0618. The van der Waals surface area contributed by atoms with Crippen molar-refractivity contribution in [3.05, 3.63) is 95.1 Å². The maximum atomic E-state index is 14.0. The number of carbonyl (C=O) groups excluding carboxylic acids is 2. The molecule has 2 amide bonds. The van der Waals surface area contributed by atoms with Crippen molar-refractivity contribution in [2.45, 2.75) is 69.2 Å². The fourth-order valence-corrected chi connectivity index (χ4v) is 7.72. The maximum Gasteiger partial charge on any atom is 0.253 e. The Morgan fingerprint density at radius 1 is 0.784 bits per heavy atom. The van der Waals surface area contributed by atoms with Crippen LogP contribution in [0.1, 0.15) is 71.9 Å². The molecule has 3 aromatic rings. The van der Waals surface area contributed by atoms with Crippen molar-refractivity contribution in [1.82, 2.24) is 24.4 Å². The van der Waals surface area contributed by atoms with Crippen LogP contribution in [0.3, 0.4) is 0 Å². The number of sulfonamides is 2. The summed E-state index contributed by atoms with van der Waals surface area (Å²) >= 11 is 0. The number of aliphatic hydroxyl groups is 1. The van der Waals surface area contributed by atoms with E-state index in [1.165, 1.54) is 49.4 Å². The van der Waals surface area contributed by atoms with Crippen LogP contribution in [-0.2, 0) is 32.2 Å². The molecule has 0 heterocycles. The average Bonchev–Trinajstić information content (AvgIpc) is 3.08. The summed E-state index contributed by atoms with van der Waals surface area (Å²) in [6.45, 7) is 6.66. The molecule has 2 atom stereocenters. The lowest BCUT2D eigenvalue weighted by Gasteiger charge is -2.30. The van der Waals surface area contributed by atoms with Crippen LogP contribution in [-0.4, -0.2) is 105 Å². The van der Waals surface area contributed by atoms with Gasteiger partial charge >= 0.3 is 0 Å². The Balaban J connectivity index is 1.99. The predicted octanol–water partition coefficient (Wildman–Crippen LogP) is 3.35. The molecule has 4 N–H and O–H groups in total. The second-order valence-electron chi connectivity index (χ2n) is 12.6. The minimum absolute atomic E-state index is 0.0260. The number of phenolic OH excluding ortho intramolecular Hbond substituents is 1. The van der Waals surface area contributed by atoms with Crippen LogP contribution in [0.25, 0.3) is 0 Å². The maximum absolute atomic E-state index is 14.0. The molecule has 13 nitrogen and oxygen atoms in total. The molecule has 280 valence electrons. The number of hydrazine groups is 1. The highest BCUT2D eigenvalue weighted by Gasteiger charge is 2.29. The quantitative estimate of drug-likeness (QED) is 0.126. The average molecular weight is 746 g/mol. The van der Waals surface area contributed by atoms with Crippen molar-refractivity contribution < 1.29 is 36.6 Å². The number of benzene rings is 3. The van der Waals surface area contributed by atoms with Gasteiger partial charge in [0, 0.05) is 51.4 Å². The molecule has 0 saturated heterocycles. The summed E-state index contributed by atoms with van der Waals surface area (Å²) in [6.07, 6.45) is 0.665. The standard InChI is InChI=1S/C36H51N5O8S2/c1-6-18-40(19-7-2)36(45)30-22-29(23-32(24-30)51(48,49)39(4)5)35(44)37-33(21-27-14-16-31(42)17-15-27)34(43)25-41(20-8-3)38-50(46,47)26-28-12-10-9-11-13-28/h9-17,22-24,33-34,38,42-43H,6-8,18-21,25-26H2,1-5H3,(H,37,44). The smallest absolute Gasteiger partial charge is 0.253 e. The van der Waals surface area contributed by atoms with E-state index in [-0.39, 0.29) is 47.0 Å². The number of nitrogens with zero attached hydrogens (tertiary/aromatic N) is 3. The van der Waals surface area contributed by atoms with Gasteiger partial charge in [0.05, 0.1) is 22.8 Å². The van der Waals surface area contributed by atoms with Gasteiger partial charge in [-0.15, -0.1) is 4.83 Å². The molecular weight excluding hydrogens is 695 g/mol. The number of carbonyl (C=O) groups is 2. The lowest BCUT2D eigenvalue weighted by atomic mass is 9.99. The van der Waals surface area contributed by atoms with Crippen molar-refractivity contribution in [2.24, 2.45) is 0 Å². The predicted molar refractivity (Wildman–Crippen MR) is 197 cm³/mol. The third-order valence-corrected chi connectivity index (χ3v) is 11.1. The van der Waals surface area contributed by atoms with Crippen LogP contribution in [0.2, 0.25) is 0 Å². The van der Waals surface area contributed by atoms with Crippen molar-refractivity contribution in [1.29, 1.82) is 0 Å². The van der Waals surface area contributed by atoms with Crippen molar-refractivity contribution in [2.75, 3.05) is 40.3 Å². The van der Waals surface area contributed by atoms with Gasteiger partial charge < -0.3 is 20.4 Å². The highest BCUT2D eigenvalue weighted by atomic mass is 32.2. The first-order chi connectivity index (χ1) is 24.1. The summed E-state index contributed by atoms with van der Waals surface area (Å²) in [5.41, 5.74) is 1.16. The third-order valence-electron chi connectivity index (χ3n) is 8.01. The van der Waals surface area contributed by atoms with Crippen LogP contribution < -0.4 is 10.1 Å². The lowest BCUT2D eigenvalue weighted by Crippen LogP contribution is -2.53. The number of nitrogens with one attached hydrogen (secondary N) is 2. The minimum Gasteiger partial charge on any atom is -0.508 e. The summed E-state index contributed by atoms with van der Waals surface area (Å²) in [4.78, 5) is 31.5. The van der Waals surface area contributed by atoms with Crippen LogP contribution >= 0.6 is 0 Å². The normalized spacial score (nSPS) is 13.3. The van der Waals surface area contributed by atoms with Gasteiger partial charge in [-0.1, -0.05) is 63.2 Å². The molecule has 0 bridgehead atoms. The first kappa shape index (κ1) is 41.6. The van der Waals surface area contributed by atoms with Gasteiger partial charge in [-0.2, -0.15) is 0 Å². The Kier molecular flexibility index (Phi) is 15.6. The number of hydrogen-bond donors (Lipinski definition) is 4. The summed E-state index contributed by atoms with van der Waals surface area (Å²) in [6, 6.07) is 17.6. The highest BCUT2D eigenvalue weighted by molar-refractivity contribution is 7.89. The number of phenols is 1. The SMILES string of the molecule is CCCN(CC(O)C(Cc1ccc(O)cc1)NC(=O)c1cc(C(=O)N(CCC)CCC)cc(S(=O)(=O)N(C)C)c1)NS(=O)(=O)Cc1ccccc1. The molecule has 0 aliphatic carbocycles. The molecule has 0 aliphatic rings. The Morgan fingerprint density at radius 3 is 1.94 bits per heavy atom. The molecule has 0 saturated carbocycles. The zero-order chi connectivity index (χ0) is 37.8. The summed E-state index contributed by atoms with van der Waals surface area (Å²) in [5, 5.41) is 25.6. The first-order valence-corrected chi connectivity index (χ1v) is 20.1. The fraction of sp³-hybridized carbons (Fsp3) is 0.444. The van der Waals surface area contributed by atoms with Gasteiger partial charge in [-0.3, -0.25) is 9.59 Å². The van der Waals surface area contributed by atoms with Crippen LogP contribution in [0.15, 0.2) is 77.7 Å². The second-order valence-corrected chi connectivity index (χ2v) is 16.5. The van der Waals surface area contributed by atoms with Gasteiger partial charge in [-0.25, -0.2) is 26.1 Å². The third kappa shape index (κ3) is 12.4. The molecule has 0 radical (unpaired) electrons. The summed E-state index contributed by atoms with van der Waals surface area (Å²) in [5.74, 6) is -1.41. The minimum atomic E-state index is -4.06. The fourth-order valence-electron chi connectivity index (χ4n) is 5.49. The van der Waals surface area contributed by atoms with Crippen LogP contribution in [0, 0.1) is 0 Å². The van der Waals surface area contributed by atoms with Crippen molar-refractivity contribution in [3.8, 4) is 5.75 Å². The van der Waals surface area contributed by atoms with E-state index in [9.17, 15) is 36.6 Å². The van der Waals surface area contributed by atoms with Gasteiger partial charge in [0.25, 0.3) is 11.8 Å². The molecule has 3 aromatic carbocycles. The largest absolute Gasteiger partial charge is 0.508 e. The molecule has 3 rings (SSSR count). The second kappa shape index (κ2) is 19.1. The Hall–Kier alpha value is -3.86. The van der Waals surface area contributed by atoms with E-state index in [4.69, 9.17) is 0 Å². The molecule has 0 aromatic heterocycles. The first-order valence-electron chi connectivity index (χ1n) is 17.0. The summed E-state index contributed by atoms with van der Waals surface area (Å²) < 4.78 is 53.7. The molecule has 51 heavy (non-hydrogen) atoms. The topological polar surface area (TPSA) is 177 Å².